The van der Waals surface area contributed by atoms with E-state index in [1.807, 2.05) is 30.3 Å². The molecule has 2 aromatic rings. The topological polar surface area (TPSA) is 84.8 Å². The molecule has 0 fully saturated rings. The number of ketones is 1. The van der Waals surface area contributed by atoms with Gasteiger partial charge in [0.25, 0.3) is 5.91 Å². The second-order valence-corrected chi connectivity index (χ2v) is 5.77. The molecule has 0 aliphatic carbocycles. The zero-order valence-electron chi connectivity index (χ0n) is 13.6. The fraction of sp³-hybridized carbons (Fsp3) is 0.158. The summed E-state index contributed by atoms with van der Waals surface area (Å²) in [6.45, 7) is 1.58. The molecule has 1 N–H and O–H groups in total. The van der Waals surface area contributed by atoms with Crippen molar-refractivity contribution in [3.8, 4) is 0 Å². The number of rotatable bonds is 5. The van der Waals surface area contributed by atoms with Gasteiger partial charge < -0.3 is 10.2 Å². The molecule has 1 amide bonds. The average Bonchev–Trinajstić information content (AvgIpc) is 2.91. The number of hydrogen-bond donors (Lipinski definition) is 1. The highest BCUT2D eigenvalue weighted by Gasteiger charge is 2.50. The van der Waals surface area contributed by atoms with Gasteiger partial charge in [-0.05, 0) is 12.5 Å². The van der Waals surface area contributed by atoms with Crippen LogP contribution >= 0.6 is 0 Å². The summed E-state index contributed by atoms with van der Waals surface area (Å²) in [5.74, 6) is -2.31. The lowest BCUT2D eigenvalue weighted by molar-refractivity contribution is -0.147. The highest BCUT2D eigenvalue weighted by atomic mass is 16.7. The Balaban J connectivity index is 1.89. The molecule has 126 valence electrons. The van der Waals surface area contributed by atoms with Crippen LogP contribution in [0.3, 0.4) is 0 Å². The quantitative estimate of drug-likeness (QED) is 0.513. The largest absolute Gasteiger partial charge is 0.366 e. The number of nitrogens with zero attached hydrogens (tertiary/aromatic N) is 1. The molecule has 0 spiro atoms. The summed E-state index contributed by atoms with van der Waals surface area (Å²) in [5.41, 5.74) is -0.127. The Hall–Kier alpha value is -3.28. The molecule has 1 heterocycles. The predicted molar refractivity (Wildman–Crippen MR) is 91.0 cm³/mol. The number of benzene rings is 2. The van der Waals surface area contributed by atoms with E-state index >= 15 is 0 Å². The molecule has 1 aliphatic heterocycles. The molecule has 6 nitrogen and oxygen atoms in total. The van der Waals surface area contributed by atoms with Gasteiger partial charge in [0.1, 0.15) is 0 Å². The number of nitrogens with one attached hydrogen (secondary N) is 1. The third-order valence-corrected chi connectivity index (χ3v) is 4.11. The summed E-state index contributed by atoms with van der Waals surface area (Å²) in [5, 5.41) is 6.24. The van der Waals surface area contributed by atoms with E-state index in [1.165, 1.54) is 0 Å². The van der Waals surface area contributed by atoms with E-state index in [0.717, 1.165) is 5.56 Å². The third kappa shape index (κ3) is 3.19. The van der Waals surface area contributed by atoms with Crippen molar-refractivity contribution in [1.82, 2.24) is 5.32 Å². The van der Waals surface area contributed by atoms with Crippen molar-refractivity contribution in [3.63, 3.8) is 0 Å². The molecule has 0 aromatic heterocycles. The van der Waals surface area contributed by atoms with E-state index in [-0.39, 0.29) is 12.0 Å². The molecule has 0 saturated carbocycles. The summed E-state index contributed by atoms with van der Waals surface area (Å²) in [4.78, 5) is 41.9. The minimum Gasteiger partial charge on any atom is -0.328 e. The van der Waals surface area contributed by atoms with Gasteiger partial charge >= 0.3 is 5.97 Å². The van der Waals surface area contributed by atoms with Gasteiger partial charge in [-0.25, -0.2) is 4.79 Å². The first-order valence-electron chi connectivity index (χ1n) is 7.75. The standard InChI is InChI=1S/C19H16N2O4/c1-13-19(18(24)25-21-13,12-14-8-4-2-5-9-14)20-17(23)16(22)15-10-6-3-7-11-15/h2-11H,12H2,1H3,(H,20,23). The maximum absolute atomic E-state index is 12.5. The van der Waals surface area contributed by atoms with Gasteiger partial charge in [-0.15, -0.1) is 0 Å². The number of carbonyl (C=O) groups is 3. The van der Waals surface area contributed by atoms with E-state index in [4.69, 9.17) is 4.84 Å². The molecular weight excluding hydrogens is 320 g/mol. The number of amides is 1. The molecule has 2 aromatic carbocycles. The highest BCUT2D eigenvalue weighted by Crippen LogP contribution is 2.23. The Morgan fingerprint density at radius 2 is 1.64 bits per heavy atom. The molecule has 1 atom stereocenters. The van der Waals surface area contributed by atoms with Gasteiger partial charge in [0.15, 0.2) is 5.54 Å². The smallest absolute Gasteiger partial charge is 0.328 e. The molecule has 1 aliphatic rings. The van der Waals surface area contributed by atoms with Crippen LogP contribution in [0.2, 0.25) is 0 Å². The number of carbonyl (C=O) groups excluding carboxylic acids is 3. The van der Waals surface area contributed by atoms with Gasteiger partial charge in [-0.1, -0.05) is 65.8 Å². The molecule has 0 bridgehead atoms. The molecule has 25 heavy (non-hydrogen) atoms. The van der Waals surface area contributed by atoms with E-state index in [9.17, 15) is 14.4 Å². The maximum atomic E-state index is 12.5. The van der Waals surface area contributed by atoms with Gasteiger partial charge in [0, 0.05) is 12.0 Å². The fourth-order valence-electron chi connectivity index (χ4n) is 2.67. The minimum absolute atomic E-state index is 0.149. The second kappa shape index (κ2) is 6.68. The van der Waals surface area contributed by atoms with E-state index < -0.39 is 23.2 Å². The zero-order chi connectivity index (χ0) is 17.9. The Bertz CT molecular complexity index is 846. The molecular formula is C19H16N2O4. The second-order valence-electron chi connectivity index (χ2n) is 5.77. The summed E-state index contributed by atoms with van der Waals surface area (Å²) in [6.07, 6.45) is 0.149. The molecule has 0 saturated heterocycles. The Labute approximate surface area is 144 Å². The van der Waals surface area contributed by atoms with Crippen LogP contribution < -0.4 is 5.32 Å². The molecule has 3 rings (SSSR count). The average molecular weight is 336 g/mol. The lowest BCUT2D eigenvalue weighted by Gasteiger charge is -2.26. The summed E-state index contributed by atoms with van der Waals surface area (Å²) in [6, 6.07) is 17.3. The van der Waals surface area contributed by atoms with Crippen molar-refractivity contribution >= 4 is 23.4 Å². The first-order valence-corrected chi connectivity index (χ1v) is 7.75. The van der Waals surface area contributed by atoms with Crippen LogP contribution in [0.15, 0.2) is 65.8 Å². The van der Waals surface area contributed by atoms with Gasteiger partial charge in [0.05, 0.1) is 5.71 Å². The predicted octanol–water partition coefficient (Wildman–Crippen LogP) is 1.90. The lowest BCUT2D eigenvalue weighted by atomic mass is 9.86. The number of oxime groups is 1. The number of Topliss-reactive ketones (excluding diaryl/α,β-unsaturated/α-hetero) is 1. The van der Waals surface area contributed by atoms with Gasteiger partial charge in [-0.3, -0.25) is 9.59 Å². The van der Waals surface area contributed by atoms with Crippen molar-refractivity contribution < 1.29 is 19.2 Å². The third-order valence-electron chi connectivity index (χ3n) is 4.11. The first kappa shape index (κ1) is 16.6. The van der Waals surface area contributed by atoms with E-state index in [2.05, 4.69) is 10.5 Å². The van der Waals surface area contributed by atoms with E-state index in [0.29, 0.717) is 5.71 Å². The van der Waals surface area contributed by atoms with Crippen LogP contribution in [-0.2, 0) is 20.8 Å². The van der Waals surface area contributed by atoms with E-state index in [1.54, 1.807) is 37.3 Å². The van der Waals surface area contributed by atoms with Crippen LogP contribution in [0.5, 0.6) is 0 Å². The van der Waals surface area contributed by atoms with Crippen molar-refractivity contribution in [2.75, 3.05) is 0 Å². The minimum atomic E-state index is -1.48. The molecule has 6 heteroatoms. The SMILES string of the molecule is CC1=NOC(=O)C1(Cc1ccccc1)NC(=O)C(=O)c1ccccc1. The maximum Gasteiger partial charge on any atom is 0.366 e. The van der Waals surface area contributed by atoms with Crippen LogP contribution in [-0.4, -0.2) is 28.9 Å². The monoisotopic (exact) mass is 336 g/mol. The lowest BCUT2D eigenvalue weighted by Crippen LogP contribution is -2.60. The fourth-order valence-corrected chi connectivity index (χ4v) is 2.67. The Morgan fingerprint density at radius 3 is 2.20 bits per heavy atom. The summed E-state index contributed by atoms with van der Waals surface area (Å²) < 4.78 is 0. The summed E-state index contributed by atoms with van der Waals surface area (Å²) >= 11 is 0. The van der Waals surface area contributed by atoms with Crippen LogP contribution in [0, 0.1) is 0 Å². The van der Waals surface area contributed by atoms with Crippen LogP contribution in [0.4, 0.5) is 0 Å². The van der Waals surface area contributed by atoms with Crippen molar-refractivity contribution in [1.29, 1.82) is 0 Å². The number of hydrogen-bond acceptors (Lipinski definition) is 5. The Morgan fingerprint density at radius 1 is 1.04 bits per heavy atom. The summed E-state index contributed by atoms with van der Waals surface area (Å²) in [7, 11) is 0. The van der Waals surface area contributed by atoms with Gasteiger partial charge in [0.2, 0.25) is 5.78 Å². The van der Waals surface area contributed by atoms with Crippen LogP contribution in [0.25, 0.3) is 0 Å². The first-order chi connectivity index (χ1) is 12.0. The van der Waals surface area contributed by atoms with Crippen molar-refractivity contribution in [2.45, 2.75) is 18.9 Å². The molecule has 1 unspecified atom stereocenters. The molecule has 0 radical (unpaired) electrons. The van der Waals surface area contributed by atoms with Gasteiger partial charge in [-0.2, -0.15) is 0 Å². The van der Waals surface area contributed by atoms with Crippen LogP contribution in [0.1, 0.15) is 22.8 Å². The van der Waals surface area contributed by atoms with Crippen molar-refractivity contribution in [3.05, 3.63) is 71.8 Å². The van der Waals surface area contributed by atoms with Crippen molar-refractivity contribution in [2.24, 2.45) is 5.16 Å². The normalized spacial score (nSPS) is 19.1. The Kier molecular flexibility index (Phi) is 4.43. The highest BCUT2D eigenvalue weighted by molar-refractivity contribution is 6.44. The zero-order valence-corrected chi connectivity index (χ0v) is 13.6.